The first-order valence-corrected chi connectivity index (χ1v) is 15.0. The second-order valence-electron chi connectivity index (χ2n) is 11.1. The van der Waals surface area contributed by atoms with Crippen molar-refractivity contribution in [2.75, 3.05) is 5.88 Å². The number of benzene rings is 3. The van der Waals surface area contributed by atoms with Crippen LogP contribution >= 0.6 is 11.8 Å². The second kappa shape index (κ2) is 13.9. The molecular formula is C33H39N3O5S. The molecule has 0 aromatic heterocycles. The summed E-state index contributed by atoms with van der Waals surface area (Å²) >= 11 is 1.47. The molecule has 42 heavy (non-hydrogen) atoms. The fraction of sp³-hybridized carbons (Fsp3) is 0.364. The summed E-state index contributed by atoms with van der Waals surface area (Å²) in [4.78, 5) is 41.6. The minimum absolute atomic E-state index is 0.0562. The Morgan fingerprint density at radius 1 is 0.952 bits per heavy atom. The highest BCUT2D eigenvalue weighted by Crippen LogP contribution is 2.40. The molecule has 3 aromatic rings. The van der Waals surface area contributed by atoms with Crippen LogP contribution in [0.5, 0.6) is 0 Å². The van der Waals surface area contributed by atoms with E-state index in [1.54, 1.807) is 0 Å². The number of thioether (sulfide) groups is 1. The molecule has 1 aliphatic heterocycles. The molecular weight excluding hydrogens is 550 g/mol. The maximum atomic E-state index is 13.8. The zero-order valence-corrected chi connectivity index (χ0v) is 25.3. The average Bonchev–Trinajstić information content (AvgIpc) is 3.30. The maximum Gasteiger partial charge on any atom is 0.407 e. The Bertz CT molecular complexity index is 1400. The highest BCUT2D eigenvalue weighted by molar-refractivity contribution is 8.00. The van der Waals surface area contributed by atoms with E-state index in [2.05, 4.69) is 10.6 Å². The molecule has 3 atom stereocenters. The average molecular weight is 590 g/mol. The fourth-order valence-corrected chi connectivity index (χ4v) is 6.20. The molecule has 0 unspecified atom stereocenters. The van der Waals surface area contributed by atoms with Gasteiger partial charge in [0.25, 0.3) is 5.91 Å². The van der Waals surface area contributed by atoms with Crippen LogP contribution in [0.1, 0.15) is 41.7 Å². The van der Waals surface area contributed by atoms with E-state index in [4.69, 9.17) is 4.74 Å². The summed E-state index contributed by atoms with van der Waals surface area (Å²) in [5, 5.41) is 17.1. The van der Waals surface area contributed by atoms with E-state index >= 15 is 0 Å². The topological polar surface area (TPSA) is 108 Å². The van der Waals surface area contributed by atoms with Crippen molar-refractivity contribution in [1.29, 1.82) is 0 Å². The van der Waals surface area contributed by atoms with Crippen LogP contribution in [0.3, 0.4) is 0 Å². The fourth-order valence-electron chi connectivity index (χ4n) is 5.06. The number of aliphatic hydroxyl groups is 1. The molecule has 0 aliphatic carbocycles. The molecule has 0 bridgehead atoms. The first-order chi connectivity index (χ1) is 20.1. The van der Waals surface area contributed by atoms with Crippen molar-refractivity contribution >= 4 is 29.7 Å². The predicted octanol–water partition coefficient (Wildman–Crippen LogP) is 4.50. The highest BCUT2D eigenvalue weighted by Gasteiger charge is 2.49. The third kappa shape index (κ3) is 7.72. The van der Waals surface area contributed by atoms with Crippen molar-refractivity contribution in [2.45, 2.75) is 70.2 Å². The third-order valence-electron chi connectivity index (χ3n) is 7.65. The smallest absolute Gasteiger partial charge is 0.407 e. The second-order valence-corrected chi connectivity index (χ2v) is 12.7. The molecule has 1 aliphatic rings. The number of aliphatic hydroxyl groups excluding tert-OH is 1. The summed E-state index contributed by atoms with van der Waals surface area (Å²) in [7, 11) is 0. The summed E-state index contributed by atoms with van der Waals surface area (Å²) in [5.74, 6) is -0.676. The third-order valence-corrected chi connectivity index (χ3v) is 9.02. The Labute approximate surface area is 251 Å². The number of rotatable bonds is 10. The van der Waals surface area contributed by atoms with Gasteiger partial charge in [0.2, 0.25) is 5.91 Å². The van der Waals surface area contributed by atoms with Crippen LogP contribution in [0, 0.1) is 13.8 Å². The summed E-state index contributed by atoms with van der Waals surface area (Å²) in [6.07, 6.45) is -2.14. The highest BCUT2D eigenvalue weighted by atomic mass is 32.2. The molecule has 1 saturated heterocycles. The zero-order chi connectivity index (χ0) is 30.3. The number of hydrogen-bond donors (Lipinski definition) is 3. The number of nitrogens with zero attached hydrogens (tertiary/aromatic N) is 1. The number of ether oxygens (including phenoxy) is 1. The molecule has 1 heterocycles. The van der Waals surface area contributed by atoms with Gasteiger partial charge in [-0.3, -0.25) is 9.59 Å². The van der Waals surface area contributed by atoms with E-state index < -0.39 is 34.9 Å². The van der Waals surface area contributed by atoms with Gasteiger partial charge in [-0.1, -0.05) is 78.9 Å². The number of carbonyl (C=O) groups is 3. The summed E-state index contributed by atoms with van der Waals surface area (Å²) < 4.78 is 4.87. The molecule has 3 N–H and O–H groups in total. The lowest BCUT2D eigenvalue weighted by Crippen LogP contribution is -2.58. The van der Waals surface area contributed by atoms with Gasteiger partial charge >= 0.3 is 6.09 Å². The Hall–Kier alpha value is -3.82. The van der Waals surface area contributed by atoms with E-state index in [1.165, 1.54) is 16.7 Å². The molecule has 3 aromatic carbocycles. The zero-order valence-electron chi connectivity index (χ0n) is 24.5. The van der Waals surface area contributed by atoms with Crippen molar-refractivity contribution in [3.05, 3.63) is 107 Å². The molecule has 8 nitrogen and oxygen atoms in total. The number of hydrogen-bond acceptors (Lipinski definition) is 6. The molecule has 1 fully saturated rings. The molecule has 0 radical (unpaired) electrons. The Kier molecular flexibility index (Phi) is 10.3. The number of aryl methyl sites for hydroxylation is 2. The van der Waals surface area contributed by atoms with Crippen LogP contribution < -0.4 is 10.6 Å². The normalized spacial score (nSPS) is 17.3. The van der Waals surface area contributed by atoms with E-state index in [-0.39, 0.29) is 24.8 Å². The lowest BCUT2D eigenvalue weighted by molar-refractivity contribution is -0.147. The first-order valence-electron chi connectivity index (χ1n) is 14.0. The number of carbonyl (C=O) groups excluding carboxylic acids is 3. The van der Waals surface area contributed by atoms with E-state index in [9.17, 15) is 19.5 Å². The maximum absolute atomic E-state index is 13.8. The Morgan fingerprint density at radius 2 is 1.55 bits per heavy atom. The van der Waals surface area contributed by atoms with Gasteiger partial charge in [0.05, 0.1) is 11.9 Å². The minimum Gasteiger partial charge on any atom is -0.445 e. The Balaban J connectivity index is 1.48. The van der Waals surface area contributed by atoms with Crippen LogP contribution in [0.4, 0.5) is 4.79 Å². The predicted molar refractivity (Wildman–Crippen MR) is 165 cm³/mol. The van der Waals surface area contributed by atoms with Crippen LogP contribution in [0.2, 0.25) is 0 Å². The number of nitrogens with one attached hydrogen (secondary N) is 2. The van der Waals surface area contributed by atoms with E-state index in [1.807, 2.05) is 107 Å². The van der Waals surface area contributed by atoms with Crippen molar-refractivity contribution in [1.82, 2.24) is 15.5 Å². The molecule has 4 rings (SSSR count). The van der Waals surface area contributed by atoms with Gasteiger partial charge in [-0.05, 0) is 61.9 Å². The van der Waals surface area contributed by atoms with Gasteiger partial charge in [-0.15, -0.1) is 11.8 Å². The summed E-state index contributed by atoms with van der Waals surface area (Å²) in [6, 6.07) is 22.9. The van der Waals surface area contributed by atoms with Gasteiger partial charge in [0, 0.05) is 11.3 Å². The van der Waals surface area contributed by atoms with Crippen molar-refractivity contribution in [2.24, 2.45) is 0 Å². The molecule has 0 spiro atoms. The SMILES string of the molecule is Cc1ccccc1CNC(=O)[C@H]1N(C(=O)[C@@H](O)[C@H](Cc2ccccc2)NC(=O)OCc2ccccc2C)CSC1(C)C. The van der Waals surface area contributed by atoms with Crippen LogP contribution in [0.25, 0.3) is 0 Å². The van der Waals surface area contributed by atoms with Gasteiger partial charge in [0.15, 0.2) is 6.10 Å². The Morgan fingerprint density at radius 3 is 2.19 bits per heavy atom. The van der Waals surface area contributed by atoms with Gasteiger partial charge < -0.3 is 25.4 Å². The van der Waals surface area contributed by atoms with Crippen LogP contribution in [0.15, 0.2) is 78.9 Å². The lowest BCUT2D eigenvalue weighted by atomic mass is 9.97. The minimum atomic E-state index is -1.60. The van der Waals surface area contributed by atoms with E-state index in [0.717, 1.165) is 27.8 Å². The largest absolute Gasteiger partial charge is 0.445 e. The molecule has 9 heteroatoms. The summed E-state index contributed by atoms with van der Waals surface area (Å²) in [6.45, 7) is 8.13. The van der Waals surface area contributed by atoms with Gasteiger partial charge in [-0.25, -0.2) is 4.79 Å². The van der Waals surface area contributed by atoms with Gasteiger partial charge in [-0.2, -0.15) is 0 Å². The van der Waals surface area contributed by atoms with Crippen molar-refractivity contribution in [3.63, 3.8) is 0 Å². The number of alkyl carbamates (subject to hydrolysis) is 1. The van der Waals surface area contributed by atoms with E-state index in [0.29, 0.717) is 6.54 Å². The summed E-state index contributed by atoms with van der Waals surface area (Å²) in [5.41, 5.74) is 4.73. The van der Waals surface area contributed by atoms with Crippen LogP contribution in [-0.2, 0) is 33.9 Å². The van der Waals surface area contributed by atoms with Gasteiger partial charge in [0.1, 0.15) is 12.6 Å². The number of amides is 3. The first kappa shape index (κ1) is 31.1. The molecule has 222 valence electrons. The molecule has 3 amide bonds. The standard InChI is InChI=1S/C33H39N3O5S/c1-22-12-8-10-16-25(22)19-34-30(38)29-33(3,4)42-21-36(29)31(39)28(37)27(18-24-14-6-5-7-15-24)35-32(40)41-20-26-17-11-9-13-23(26)2/h5-17,27-29,37H,18-21H2,1-4H3,(H,34,38)(H,35,40)/t27-,28-,29+/m0/s1. The van der Waals surface area contributed by atoms with Crippen molar-refractivity contribution < 1.29 is 24.2 Å². The quantitative estimate of drug-likeness (QED) is 0.322. The van der Waals surface area contributed by atoms with Crippen LogP contribution in [-0.4, -0.2) is 56.7 Å². The monoisotopic (exact) mass is 589 g/mol. The van der Waals surface area contributed by atoms with Crippen molar-refractivity contribution in [3.8, 4) is 0 Å². The lowest BCUT2D eigenvalue weighted by Gasteiger charge is -2.33. The molecule has 0 saturated carbocycles.